The number of amides is 1. The Balaban J connectivity index is 1.18. The normalized spacial score (nSPS) is 24.9. The van der Waals surface area contributed by atoms with Gasteiger partial charge in [0.05, 0.1) is 5.60 Å². The first-order valence-corrected chi connectivity index (χ1v) is 13.7. The number of benzene rings is 3. The van der Waals surface area contributed by atoms with E-state index in [2.05, 4.69) is 93.6 Å². The summed E-state index contributed by atoms with van der Waals surface area (Å²) in [5.41, 5.74) is 6.30. The van der Waals surface area contributed by atoms with Crippen LogP contribution in [0.1, 0.15) is 81.0 Å². The third-order valence-corrected chi connectivity index (χ3v) is 8.84. The molecule has 2 aliphatic heterocycles. The first-order chi connectivity index (χ1) is 17.7. The Labute approximate surface area is 220 Å². The summed E-state index contributed by atoms with van der Waals surface area (Å²) in [6.45, 7) is 6.94. The fraction of sp³-hybridized carbons (Fsp3) is 0.424. The molecule has 3 aromatic carbocycles. The van der Waals surface area contributed by atoms with Gasteiger partial charge in [-0.3, -0.25) is 0 Å². The van der Waals surface area contributed by atoms with Crippen LogP contribution in [0.3, 0.4) is 0 Å². The van der Waals surface area contributed by atoms with Crippen molar-refractivity contribution in [2.45, 2.75) is 81.9 Å². The highest BCUT2D eigenvalue weighted by Gasteiger charge is 2.49. The van der Waals surface area contributed by atoms with Crippen molar-refractivity contribution >= 4 is 6.09 Å². The van der Waals surface area contributed by atoms with Gasteiger partial charge in [-0.15, -0.1) is 0 Å². The molecule has 2 bridgehead atoms. The molecule has 3 aliphatic rings. The molecule has 4 heteroatoms. The molecule has 0 radical (unpaired) electrons. The van der Waals surface area contributed by atoms with Gasteiger partial charge in [0.2, 0.25) is 0 Å². The maximum Gasteiger partial charge on any atom is 0.410 e. The summed E-state index contributed by atoms with van der Waals surface area (Å²) in [5.74, 6) is 0.0549. The van der Waals surface area contributed by atoms with Crippen molar-refractivity contribution in [1.29, 1.82) is 0 Å². The molecular formula is C33H37NO3. The van der Waals surface area contributed by atoms with E-state index in [1.807, 2.05) is 4.90 Å². The summed E-state index contributed by atoms with van der Waals surface area (Å²) in [5, 5.41) is 11.8. The minimum Gasteiger partial charge on any atom is -0.448 e. The van der Waals surface area contributed by atoms with Crippen LogP contribution in [0.4, 0.5) is 4.79 Å². The number of aliphatic hydroxyl groups is 1. The molecule has 1 amide bonds. The van der Waals surface area contributed by atoms with Gasteiger partial charge in [-0.05, 0) is 58.1 Å². The molecule has 2 heterocycles. The first-order valence-electron chi connectivity index (χ1n) is 13.7. The summed E-state index contributed by atoms with van der Waals surface area (Å²) in [4.78, 5) is 15.5. The van der Waals surface area contributed by atoms with E-state index in [0.717, 1.165) is 24.8 Å². The Morgan fingerprint density at radius 2 is 1.43 bits per heavy atom. The number of piperidine rings is 2. The lowest BCUT2D eigenvalue weighted by atomic mass is 9.72. The molecule has 0 aromatic heterocycles. The molecule has 4 nitrogen and oxygen atoms in total. The number of hydrogen-bond acceptors (Lipinski definition) is 3. The van der Waals surface area contributed by atoms with Crippen LogP contribution in [0, 0.1) is 0 Å². The van der Waals surface area contributed by atoms with Gasteiger partial charge in [-0.2, -0.15) is 0 Å². The lowest BCUT2D eigenvalue weighted by molar-refractivity contribution is -0.0891. The van der Waals surface area contributed by atoms with E-state index in [-0.39, 0.29) is 29.5 Å². The second-order valence-corrected chi connectivity index (χ2v) is 12.2. The number of rotatable bonds is 3. The molecule has 6 rings (SSSR count). The van der Waals surface area contributed by atoms with Crippen LogP contribution < -0.4 is 0 Å². The van der Waals surface area contributed by atoms with Crippen LogP contribution in [0.15, 0.2) is 72.8 Å². The minimum absolute atomic E-state index is 0.00422. The van der Waals surface area contributed by atoms with Gasteiger partial charge < -0.3 is 14.7 Å². The Hall–Kier alpha value is -3.11. The summed E-state index contributed by atoms with van der Waals surface area (Å²) in [7, 11) is 0. The lowest BCUT2D eigenvalue weighted by Crippen LogP contribution is -2.59. The fourth-order valence-electron chi connectivity index (χ4n) is 6.91. The standard InChI is InChI=1S/C33H37NO3/c1-32(2,3)22-15-17-23(18-16-22)33(36)19-24-9-8-10-25(20-33)34(24)31(35)37-21-30-28-13-6-4-11-26(28)27-12-5-7-14-29(27)30/h4-7,11-18,24-25,30,36H,8-10,19-21H2,1-3H3. The second-order valence-electron chi connectivity index (χ2n) is 12.2. The van der Waals surface area contributed by atoms with Crippen LogP contribution in [0.2, 0.25) is 0 Å². The molecule has 2 fully saturated rings. The van der Waals surface area contributed by atoms with E-state index in [0.29, 0.717) is 19.4 Å². The molecule has 3 aromatic rings. The molecule has 1 aliphatic carbocycles. The predicted molar refractivity (Wildman–Crippen MR) is 147 cm³/mol. The topological polar surface area (TPSA) is 49.8 Å². The number of carbonyl (C=O) groups excluding carboxylic acids is 1. The van der Waals surface area contributed by atoms with E-state index in [1.165, 1.54) is 27.8 Å². The van der Waals surface area contributed by atoms with Crippen LogP contribution in [0.25, 0.3) is 11.1 Å². The second kappa shape index (κ2) is 9.02. The van der Waals surface area contributed by atoms with E-state index < -0.39 is 5.60 Å². The molecule has 2 unspecified atom stereocenters. The van der Waals surface area contributed by atoms with Gasteiger partial charge in [0, 0.05) is 30.8 Å². The van der Waals surface area contributed by atoms with Crippen LogP contribution in [0.5, 0.6) is 0 Å². The zero-order valence-electron chi connectivity index (χ0n) is 22.1. The predicted octanol–water partition coefficient (Wildman–Crippen LogP) is 7.14. The highest BCUT2D eigenvalue weighted by Crippen LogP contribution is 2.47. The average Bonchev–Trinajstić information content (AvgIpc) is 3.20. The Morgan fingerprint density at radius 3 is 1.97 bits per heavy atom. The quantitative estimate of drug-likeness (QED) is 0.420. The monoisotopic (exact) mass is 495 g/mol. The van der Waals surface area contributed by atoms with Crippen molar-refractivity contribution in [2.75, 3.05) is 6.61 Å². The third kappa shape index (κ3) is 4.25. The number of carbonyl (C=O) groups is 1. The minimum atomic E-state index is -0.910. The molecule has 2 saturated heterocycles. The molecule has 0 saturated carbocycles. The zero-order valence-corrected chi connectivity index (χ0v) is 22.1. The molecule has 37 heavy (non-hydrogen) atoms. The van der Waals surface area contributed by atoms with Gasteiger partial charge in [0.25, 0.3) is 0 Å². The molecule has 1 N–H and O–H groups in total. The highest BCUT2D eigenvalue weighted by molar-refractivity contribution is 5.79. The van der Waals surface area contributed by atoms with Gasteiger partial charge in [0.15, 0.2) is 0 Å². The van der Waals surface area contributed by atoms with E-state index in [9.17, 15) is 9.90 Å². The number of fused-ring (bicyclic) bond motifs is 5. The zero-order chi connectivity index (χ0) is 25.8. The molecular weight excluding hydrogens is 458 g/mol. The van der Waals surface area contributed by atoms with Crippen LogP contribution in [-0.4, -0.2) is 34.8 Å². The van der Waals surface area contributed by atoms with Gasteiger partial charge in [0.1, 0.15) is 6.61 Å². The number of hydrogen-bond donors (Lipinski definition) is 1. The molecule has 0 spiro atoms. The van der Waals surface area contributed by atoms with Crippen molar-refractivity contribution in [3.05, 3.63) is 95.1 Å². The Morgan fingerprint density at radius 1 is 0.892 bits per heavy atom. The summed E-state index contributed by atoms with van der Waals surface area (Å²) in [6, 6.07) is 25.3. The van der Waals surface area contributed by atoms with Gasteiger partial charge >= 0.3 is 6.09 Å². The number of nitrogens with zero attached hydrogens (tertiary/aromatic N) is 1. The number of ether oxygens (including phenoxy) is 1. The highest BCUT2D eigenvalue weighted by atomic mass is 16.6. The van der Waals surface area contributed by atoms with Crippen molar-refractivity contribution in [3.8, 4) is 11.1 Å². The smallest absolute Gasteiger partial charge is 0.410 e. The van der Waals surface area contributed by atoms with Crippen LogP contribution >= 0.6 is 0 Å². The first kappa shape index (κ1) is 24.2. The van der Waals surface area contributed by atoms with Gasteiger partial charge in [-0.25, -0.2) is 4.79 Å². The fourth-order valence-corrected chi connectivity index (χ4v) is 6.91. The van der Waals surface area contributed by atoms with E-state index >= 15 is 0 Å². The van der Waals surface area contributed by atoms with Crippen molar-refractivity contribution in [3.63, 3.8) is 0 Å². The average molecular weight is 496 g/mol. The molecule has 192 valence electrons. The van der Waals surface area contributed by atoms with Gasteiger partial charge in [-0.1, -0.05) is 93.6 Å². The van der Waals surface area contributed by atoms with Crippen molar-refractivity contribution in [2.24, 2.45) is 0 Å². The lowest BCUT2D eigenvalue weighted by Gasteiger charge is -2.51. The maximum atomic E-state index is 13.5. The summed E-state index contributed by atoms with van der Waals surface area (Å²) < 4.78 is 6.05. The summed E-state index contributed by atoms with van der Waals surface area (Å²) in [6.07, 6.45) is 3.78. The van der Waals surface area contributed by atoms with E-state index in [4.69, 9.17) is 4.74 Å². The maximum absolute atomic E-state index is 13.5. The van der Waals surface area contributed by atoms with Crippen molar-refractivity contribution < 1.29 is 14.6 Å². The van der Waals surface area contributed by atoms with Crippen molar-refractivity contribution in [1.82, 2.24) is 4.90 Å². The third-order valence-electron chi connectivity index (χ3n) is 8.84. The largest absolute Gasteiger partial charge is 0.448 e. The Bertz CT molecular complexity index is 1250. The Kier molecular flexibility index (Phi) is 5.91. The SMILES string of the molecule is CC(C)(C)c1ccc(C2(O)CC3CCCC(C2)N3C(=O)OCC2c3ccccc3-c3ccccc32)cc1. The molecule has 2 atom stereocenters. The van der Waals surface area contributed by atoms with E-state index in [1.54, 1.807) is 0 Å². The summed E-state index contributed by atoms with van der Waals surface area (Å²) >= 11 is 0. The van der Waals surface area contributed by atoms with Crippen LogP contribution in [-0.2, 0) is 15.8 Å².